The third kappa shape index (κ3) is 5.38. The van der Waals surface area contributed by atoms with Crippen molar-refractivity contribution in [1.82, 2.24) is 5.32 Å². The van der Waals surface area contributed by atoms with E-state index in [1.165, 1.54) is 0 Å². The van der Waals surface area contributed by atoms with E-state index in [1.54, 1.807) is 0 Å². The lowest BCUT2D eigenvalue weighted by Gasteiger charge is -2.16. The molecule has 18 heavy (non-hydrogen) atoms. The van der Waals surface area contributed by atoms with Crippen molar-refractivity contribution in [1.29, 1.82) is 0 Å². The molecule has 0 saturated carbocycles. The molecule has 0 amide bonds. The van der Waals surface area contributed by atoms with Crippen molar-refractivity contribution in [3.8, 4) is 5.75 Å². The van der Waals surface area contributed by atoms with E-state index in [0.29, 0.717) is 13.2 Å². The van der Waals surface area contributed by atoms with E-state index < -0.39 is 6.10 Å². The normalized spacial score (nSPS) is 12.2. The second kappa shape index (κ2) is 7.95. The SMILES string of the molecule is CCCNCC(O)COc1cccc(N(C)C)c1. The molecule has 0 radical (unpaired) electrons. The van der Waals surface area contributed by atoms with Gasteiger partial charge < -0.3 is 20.1 Å². The second-order valence-corrected chi connectivity index (χ2v) is 4.56. The van der Waals surface area contributed by atoms with E-state index in [2.05, 4.69) is 12.2 Å². The minimum Gasteiger partial charge on any atom is -0.491 e. The van der Waals surface area contributed by atoms with E-state index in [9.17, 15) is 5.11 Å². The Balaban J connectivity index is 2.36. The van der Waals surface area contributed by atoms with Gasteiger partial charge in [-0.15, -0.1) is 0 Å². The van der Waals surface area contributed by atoms with Gasteiger partial charge in [0.05, 0.1) is 0 Å². The van der Waals surface area contributed by atoms with Gasteiger partial charge in [-0.05, 0) is 25.1 Å². The summed E-state index contributed by atoms with van der Waals surface area (Å²) in [5, 5.41) is 12.9. The Morgan fingerprint density at radius 3 is 2.83 bits per heavy atom. The Bertz CT molecular complexity index is 342. The molecule has 4 heteroatoms. The van der Waals surface area contributed by atoms with Crippen LogP contribution in [0, 0.1) is 0 Å². The number of benzene rings is 1. The number of anilines is 1. The Labute approximate surface area is 110 Å². The van der Waals surface area contributed by atoms with Crippen molar-refractivity contribution in [2.75, 3.05) is 38.7 Å². The van der Waals surface area contributed by atoms with Crippen LogP contribution in [0.2, 0.25) is 0 Å². The molecule has 0 spiro atoms. The third-order valence-electron chi connectivity index (χ3n) is 2.58. The number of ether oxygens (including phenoxy) is 1. The number of rotatable bonds is 8. The fourth-order valence-corrected chi connectivity index (χ4v) is 1.55. The molecule has 0 bridgehead atoms. The summed E-state index contributed by atoms with van der Waals surface area (Å²) in [5.74, 6) is 0.788. The zero-order valence-electron chi connectivity index (χ0n) is 11.5. The molecule has 0 aliphatic carbocycles. The highest BCUT2D eigenvalue weighted by Gasteiger charge is 2.05. The Morgan fingerprint density at radius 1 is 1.39 bits per heavy atom. The van der Waals surface area contributed by atoms with E-state index in [1.807, 2.05) is 43.3 Å². The average molecular weight is 252 g/mol. The molecular weight excluding hydrogens is 228 g/mol. The van der Waals surface area contributed by atoms with Crippen molar-refractivity contribution >= 4 is 5.69 Å². The Hall–Kier alpha value is -1.26. The van der Waals surface area contributed by atoms with Crippen molar-refractivity contribution in [3.05, 3.63) is 24.3 Å². The first-order valence-electron chi connectivity index (χ1n) is 6.42. The fraction of sp³-hybridized carbons (Fsp3) is 0.571. The summed E-state index contributed by atoms with van der Waals surface area (Å²) < 4.78 is 5.57. The van der Waals surface area contributed by atoms with Crippen LogP contribution in [0.4, 0.5) is 5.69 Å². The standard InChI is InChI=1S/C14H24N2O2/c1-4-8-15-10-13(17)11-18-14-7-5-6-12(9-14)16(2)3/h5-7,9,13,15,17H,4,8,10-11H2,1-3H3. The lowest BCUT2D eigenvalue weighted by Crippen LogP contribution is -2.31. The quantitative estimate of drug-likeness (QED) is 0.688. The van der Waals surface area contributed by atoms with Gasteiger partial charge in [-0.25, -0.2) is 0 Å². The molecule has 1 aromatic carbocycles. The van der Waals surface area contributed by atoms with Crippen LogP contribution >= 0.6 is 0 Å². The zero-order valence-corrected chi connectivity index (χ0v) is 11.5. The lowest BCUT2D eigenvalue weighted by atomic mass is 10.3. The molecule has 0 saturated heterocycles. The predicted molar refractivity (Wildman–Crippen MR) is 75.4 cm³/mol. The Kier molecular flexibility index (Phi) is 6.54. The van der Waals surface area contributed by atoms with Gasteiger partial charge in [0.15, 0.2) is 0 Å². The highest BCUT2D eigenvalue weighted by Crippen LogP contribution is 2.19. The van der Waals surface area contributed by atoms with Gasteiger partial charge in [-0.1, -0.05) is 13.0 Å². The van der Waals surface area contributed by atoms with E-state index >= 15 is 0 Å². The molecule has 1 rings (SSSR count). The first-order valence-corrected chi connectivity index (χ1v) is 6.42. The number of nitrogens with one attached hydrogen (secondary N) is 1. The average Bonchev–Trinajstić information content (AvgIpc) is 2.37. The third-order valence-corrected chi connectivity index (χ3v) is 2.58. The van der Waals surface area contributed by atoms with Gasteiger partial charge in [0, 0.05) is 32.4 Å². The number of aliphatic hydroxyl groups excluding tert-OH is 1. The molecule has 0 fully saturated rings. The molecule has 1 unspecified atom stereocenters. The molecule has 0 aliphatic rings. The van der Waals surface area contributed by atoms with Crippen LogP contribution in [-0.2, 0) is 0 Å². The van der Waals surface area contributed by atoms with Crippen molar-refractivity contribution in [2.24, 2.45) is 0 Å². The number of hydrogen-bond acceptors (Lipinski definition) is 4. The van der Waals surface area contributed by atoms with E-state index in [0.717, 1.165) is 24.4 Å². The number of aliphatic hydroxyl groups is 1. The van der Waals surface area contributed by atoms with Crippen LogP contribution < -0.4 is 15.0 Å². The maximum atomic E-state index is 9.72. The number of hydrogen-bond donors (Lipinski definition) is 2. The lowest BCUT2D eigenvalue weighted by molar-refractivity contribution is 0.106. The highest BCUT2D eigenvalue weighted by molar-refractivity contribution is 5.49. The van der Waals surface area contributed by atoms with E-state index in [4.69, 9.17) is 4.74 Å². The summed E-state index contributed by atoms with van der Waals surface area (Å²) in [4.78, 5) is 2.02. The smallest absolute Gasteiger partial charge is 0.121 e. The molecule has 102 valence electrons. The minimum atomic E-state index is -0.473. The van der Waals surface area contributed by atoms with Crippen LogP contribution in [0.1, 0.15) is 13.3 Å². The van der Waals surface area contributed by atoms with Crippen molar-refractivity contribution in [2.45, 2.75) is 19.4 Å². The molecular formula is C14H24N2O2. The summed E-state index contributed by atoms with van der Waals surface area (Å²) in [7, 11) is 3.98. The molecule has 1 atom stereocenters. The minimum absolute atomic E-state index is 0.313. The zero-order chi connectivity index (χ0) is 13.4. The summed E-state index contributed by atoms with van der Waals surface area (Å²) in [6, 6.07) is 7.84. The predicted octanol–water partition coefficient (Wildman–Crippen LogP) is 1.49. The van der Waals surface area contributed by atoms with Gasteiger partial charge >= 0.3 is 0 Å². The highest BCUT2D eigenvalue weighted by atomic mass is 16.5. The Morgan fingerprint density at radius 2 is 2.17 bits per heavy atom. The summed E-state index contributed by atoms with van der Waals surface area (Å²) in [6.45, 7) is 3.91. The van der Waals surface area contributed by atoms with Gasteiger partial charge in [-0.2, -0.15) is 0 Å². The molecule has 0 heterocycles. The topological polar surface area (TPSA) is 44.7 Å². The molecule has 0 aliphatic heterocycles. The van der Waals surface area contributed by atoms with Crippen molar-refractivity contribution in [3.63, 3.8) is 0 Å². The first kappa shape index (κ1) is 14.8. The largest absolute Gasteiger partial charge is 0.491 e. The van der Waals surface area contributed by atoms with Crippen LogP contribution in [0.15, 0.2) is 24.3 Å². The second-order valence-electron chi connectivity index (χ2n) is 4.56. The first-order chi connectivity index (χ1) is 8.63. The molecule has 0 aromatic heterocycles. The summed E-state index contributed by atoms with van der Waals surface area (Å²) >= 11 is 0. The van der Waals surface area contributed by atoms with Gasteiger partial charge in [0.1, 0.15) is 18.5 Å². The molecule has 1 aromatic rings. The summed E-state index contributed by atoms with van der Waals surface area (Å²) in [5.41, 5.74) is 1.09. The van der Waals surface area contributed by atoms with Crippen molar-refractivity contribution < 1.29 is 9.84 Å². The van der Waals surface area contributed by atoms with Crippen LogP contribution in [-0.4, -0.2) is 45.0 Å². The fourth-order valence-electron chi connectivity index (χ4n) is 1.55. The molecule has 4 nitrogen and oxygen atoms in total. The summed E-state index contributed by atoms with van der Waals surface area (Å²) in [6.07, 6.45) is 0.595. The van der Waals surface area contributed by atoms with Gasteiger partial charge in [-0.3, -0.25) is 0 Å². The van der Waals surface area contributed by atoms with Crippen LogP contribution in [0.25, 0.3) is 0 Å². The number of nitrogens with zero attached hydrogens (tertiary/aromatic N) is 1. The van der Waals surface area contributed by atoms with Crippen LogP contribution in [0.5, 0.6) is 5.75 Å². The molecule has 2 N–H and O–H groups in total. The monoisotopic (exact) mass is 252 g/mol. The van der Waals surface area contributed by atoms with Gasteiger partial charge in [0.25, 0.3) is 0 Å². The maximum Gasteiger partial charge on any atom is 0.121 e. The van der Waals surface area contributed by atoms with Gasteiger partial charge in [0.2, 0.25) is 0 Å². The van der Waals surface area contributed by atoms with E-state index in [-0.39, 0.29) is 0 Å². The van der Waals surface area contributed by atoms with Crippen LogP contribution in [0.3, 0.4) is 0 Å². The maximum absolute atomic E-state index is 9.72.